The molecule has 0 saturated heterocycles. The predicted octanol–water partition coefficient (Wildman–Crippen LogP) is 6.58. The molecule has 0 saturated carbocycles. The summed E-state index contributed by atoms with van der Waals surface area (Å²) in [6.07, 6.45) is 1.66. The van der Waals surface area contributed by atoms with Crippen molar-refractivity contribution in [2.75, 3.05) is 5.32 Å². The molecule has 3 aromatic carbocycles. The second-order valence-electron chi connectivity index (χ2n) is 9.70. The van der Waals surface area contributed by atoms with Crippen LogP contribution in [0, 0.1) is 20.8 Å². The van der Waals surface area contributed by atoms with Crippen LogP contribution in [0.3, 0.4) is 0 Å². The Morgan fingerprint density at radius 3 is 2.08 bits per heavy atom. The number of rotatable bonds is 7. The monoisotopic (exact) mass is 529 g/mol. The molecule has 5 rings (SSSR count). The molecule has 0 spiro atoms. The van der Waals surface area contributed by atoms with Crippen molar-refractivity contribution in [1.82, 2.24) is 14.6 Å². The number of anilines is 1. The summed E-state index contributed by atoms with van der Waals surface area (Å²) in [5, 5.41) is 7.00. The summed E-state index contributed by atoms with van der Waals surface area (Å²) in [5.41, 5.74) is 12.1. The molecular weight excluding hydrogens is 498 g/mol. The molecule has 7 nitrogen and oxygen atoms in total. The van der Waals surface area contributed by atoms with E-state index in [9.17, 15) is 9.59 Å². The number of benzene rings is 3. The minimum Gasteiger partial charge on any atom is -0.326 e. The molecule has 0 aliphatic carbocycles. The fourth-order valence-electron chi connectivity index (χ4n) is 4.92. The zero-order valence-electron chi connectivity index (χ0n) is 23.0. The van der Waals surface area contributed by atoms with Gasteiger partial charge in [-0.3, -0.25) is 9.59 Å². The maximum absolute atomic E-state index is 12.8. The standard InChI is InChI=1S/C33H31N5O2/c1-22-10-19-32(26-8-6-5-7-9-26)38(22)31-15-11-27(12-16-31)33(40)36-34-21-28-20-23(2)37(24(28)3)30-17-13-29(14-18-30)35-25(4)39/h5-21H,1-4H3,(H,35,39)(H,36,40)/b34-21+. The molecule has 0 radical (unpaired) electrons. The van der Waals surface area contributed by atoms with Crippen LogP contribution in [-0.2, 0) is 4.79 Å². The summed E-state index contributed by atoms with van der Waals surface area (Å²) in [6, 6.07) is 31.6. The van der Waals surface area contributed by atoms with Crippen LogP contribution in [0.25, 0.3) is 22.6 Å². The van der Waals surface area contributed by atoms with Gasteiger partial charge in [-0.25, -0.2) is 5.43 Å². The van der Waals surface area contributed by atoms with E-state index in [0.29, 0.717) is 5.56 Å². The van der Waals surface area contributed by atoms with Gasteiger partial charge in [-0.1, -0.05) is 30.3 Å². The molecule has 200 valence electrons. The number of hydrogen-bond donors (Lipinski definition) is 2. The van der Waals surface area contributed by atoms with Gasteiger partial charge in [-0.05, 0) is 93.1 Å². The molecule has 2 N–H and O–H groups in total. The Morgan fingerprint density at radius 2 is 1.40 bits per heavy atom. The molecule has 2 aromatic heterocycles. The third-order valence-electron chi connectivity index (χ3n) is 6.82. The molecule has 7 heteroatoms. The molecule has 0 fully saturated rings. The Labute approximate surface area is 233 Å². The van der Waals surface area contributed by atoms with E-state index in [2.05, 4.69) is 56.2 Å². The molecule has 2 heterocycles. The maximum atomic E-state index is 12.8. The number of amides is 2. The van der Waals surface area contributed by atoms with E-state index in [1.165, 1.54) is 6.92 Å². The third-order valence-corrected chi connectivity index (χ3v) is 6.82. The van der Waals surface area contributed by atoms with Crippen LogP contribution >= 0.6 is 0 Å². The molecule has 0 atom stereocenters. The first-order chi connectivity index (χ1) is 19.3. The molecule has 0 bridgehead atoms. The first kappa shape index (κ1) is 26.4. The number of nitrogens with one attached hydrogen (secondary N) is 2. The largest absolute Gasteiger partial charge is 0.326 e. The van der Waals surface area contributed by atoms with Gasteiger partial charge in [0.15, 0.2) is 0 Å². The zero-order chi connectivity index (χ0) is 28.2. The van der Waals surface area contributed by atoms with Crippen molar-refractivity contribution in [1.29, 1.82) is 0 Å². The number of aryl methyl sites for hydroxylation is 2. The summed E-state index contributed by atoms with van der Waals surface area (Å²) in [5.74, 6) is -0.386. The van der Waals surface area contributed by atoms with Gasteiger partial charge in [-0.15, -0.1) is 0 Å². The lowest BCUT2D eigenvalue weighted by atomic mass is 10.1. The number of carbonyl (C=O) groups is 2. The van der Waals surface area contributed by atoms with E-state index < -0.39 is 0 Å². The molecular formula is C33H31N5O2. The molecule has 0 aliphatic heterocycles. The van der Waals surface area contributed by atoms with Crippen molar-refractivity contribution in [3.63, 3.8) is 0 Å². The van der Waals surface area contributed by atoms with Crippen LogP contribution in [0.4, 0.5) is 5.69 Å². The highest BCUT2D eigenvalue weighted by molar-refractivity contribution is 5.95. The van der Waals surface area contributed by atoms with Gasteiger partial charge in [-0.2, -0.15) is 5.10 Å². The Bertz CT molecular complexity index is 1690. The summed E-state index contributed by atoms with van der Waals surface area (Å²) in [6.45, 7) is 7.57. The highest BCUT2D eigenvalue weighted by atomic mass is 16.2. The summed E-state index contributed by atoms with van der Waals surface area (Å²) in [4.78, 5) is 24.1. The first-order valence-electron chi connectivity index (χ1n) is 13.1. The van der Waals surface area contributed by atoms with E-state index in [4.69, 9.17) is 0 Å². The number of hydrogen-bond acceptors (Lipinski definition) is 3. The Morgan fingerprint density at radius 1 is 0.750 bits per heavy atom. The number of hydrazone groups is 1. The van der Waals surface area contributed by atoms with Crippen molar-refractivity contribution < 1.29 is 9.59 Å². The van der Waals surface area contributed by atoms with Gasteiger partial charge in [0.1, 0.15) is 0 Å². The lowest BCUT2D eigenvalue weighted by Crippen LogP contribution is -2.17. The second-order valence-corrected chi connectivity index (χ2v) is 9.70. The maximum Gasteiger partial charge on any atom is 0.271 e. The Kier molecular flexibility index (Phi) is 7.46. The highest BCUT2D eigenvalue weighted by Gasteiger charge is 2.12. The number of carbonyl (C=O) groups excluding carboxylic acids is 2. The molecule has 5 aromatic rings. The minimum atomic E-state index is -0.280. The van der Waals surface area contributed by atoms with E-state index >= 15 is 0 Å². The quantitative estimate of drug-likeness (QED) is 0.184. The van der Waals surface area contributed by atoms with Crippen molar-refractivity contribution in [2.24, 2.45) is 5.10 Å². The molecule has 0 unspecified atom stereocenters. The fourth-order valence-corrected chi connectivity index (χ4v) is 4.92. The molecule has 2 amide bonds. The molecule has 40 heavy (non-hydrogen) atoms. The third kappa shape index (κ3) is 5.49. The lowest BCUT2D eigenvalue weighted by Gasteiger charge is -2.12. The van der Waals surface area contributed by atoms with Gasteiger partial charge in [0.05, 0.1) is 11.9 Å². The summed E-state index contributed by atoms with van der Waals surface area (Å²) in [7, 11) is 0. The van der Waals surface area contributed by atoms with Crippen LogP contribution in [0.5, 0.6) is 0 Å². The minimum absolute atomic E-state index is 0.106. The summed E-state index contributed by atoms with van der Waals surface area (Å²) >= 11 is 0. The predicted molar refractivity (Wildman–Crippen MR) is 161 cm³/mol. The zero-order valence-corrected chi connectivity index (χ0v) is 23.0. The van der Waals surface area contributed by atoms with Gasteiger partial charge in [0.25, 0.3) is 5.91 Å². The second kappa shape index (κ2) is 11.3. The normalized spacial score (nSPS) is 11.1. The van der Waals surface area contributed by atoms with Gasteiger partial charge >= 0.3 is 0 Å². The molecule has 0 aliphatic rings. The Hall–Kier alpha value is -5.17. The van der Waals surface area contributed by atoms with Crippen molar-refractivity contribution in [2.45, 2.75) is 27.7 Å². The first-order valence-corrected chi connectivity index (χ1v) is 13.1. The topological polar surface area (TPSA) is 80.4 Å². The Balaban J connectivity index is 1.28. The van der Waals surface area contributed by atoms with E-state index in [1.54, 1.807) is 6.21 Å². The van der Waals surface area contributed by atoms with E-state index in [1.807, 2.05) is 86.6 Å². The lowest BCUT2D eigenvalue weighted by molar-refractivity contribution is -0.114. The number of nitrogens with zero attached hydrogens (tertiary/aromatic N) is 3. The number of aromatic nitrogens is 2. The van der Waals surface area contributed by atoms with Gasteiger partial charge in [0.2, 0.25) is 5.91 Å². The van der Waals surface area contributed by atoms with Gasteiger partial charge in [0, 0.05) is 52.2 Å². The fraction of sp³-hybridized carbons (Fsp3) is 0.121. The van der Waals surface area contributed by atoms with Crippen LogP contribution in [0.2, 0.25) is 0 Å². The van der Waals surface area contributed by atoms with Crippen LogP contribution < -0.4 is 10.7 Å². The van der Waals surface area contributed by atoms with E-state index in [0.717, 1.165) is 51.0 Å². The van der Waals surface area contributed by atoms with Crippen LogP contribution in [-0.4, -0.2) is 27.2 Å². The highest BCUT2D eigenvalue weighted by Crippen LogP contribution is 2.26. The smallest absolute Gasteiger partial charge is 0.271 e. The SMILES string of the molecule is CC(=O)Nc1ccc(-n2c(C)cc(/C=N/NC(=O)c3ccc(-n4c(C)ccc4-c4ccccc4)cc3)c2C)cc1. The average Bonchev–Trinajstić information content (AvgIpc) is 3.47. The summed E-state index contributed by atoms with van der Waals surface area (Å²) < 4.78 is 4.28. The van der Waals surface area contributed by atoms with Crippen molar-refractivity contribution in [3.8, 4) is 22.6 Å². The van der Waals surface area contributed by atoms with E-state index in [-0.39, 0.29) is 11.8 Å². The van der Waals surface area contributed by atoms with Crippen molar-refractivity contribution >= 4 is 23.7 Å². The average molecular weight is 530 g/mol. The van der Waals surface area contributed by atoms with Crippen LogP contribution in [0.1, 0.15) is 39.9 Å². The van der Waals surface area contributed by atoms with Crippen LogP contribution in [0.15, 0.2) is 102 Å². The van der Waals surface area contributed by atoms with Crippen molar-refractivity contribution in [3.05, 3.63) is 125 Å². The van der Waals surface area contributed by atoms with Gasteiger partial charge < -0.3 is 14.5 Å².